The van der Waals surface area contributed by atoms with Gasteiger partial charge in [0, 0.05) is 11.1 Å². The van der Waals surface area contributed by atoms with Crippen LogP contribution in [0.5, 0.6) is 0 Å². The monoisotopic (exact) mass is 288 g/mol. The predicted molar refractivity (Wildman–Crippen MR) is 62.8 cm³/mol. The lowest BCUT2D eigenvalue weighted by Gasteiger charge is -2.19. The zero-order valence-corrected chi connectivity index (χ0v) is 10.4. The highest BCUT2D eigenvalue weighted by Gasteiger charge is 2.40. The molecular weight excluding hydrogens is 281 g/mol. The molecular formula is C12H7F3O3S. The number of Topliss-reactive ketones (excluding diaryl/α,β-unsaturated/α-hetero) is 2. The van der Waals surface area contributed by atoms with Crippen molar-refractivity contribution in [2.45, 2.75) is 5.51 Å². The van der Waals surface area contributed by atoms with E-state index >= 15 is 0 Å². The Morgan fingerprint density at radius 3 is 2.05 bits per heavy atom. The van der Waals surface area contributed by atoms with Crippen molar-refractivity contribution in [1.82, 2.24) is 0 Å². The minimum Gasteiger partial charge on any atom is -0.491 e. The molecule has 1 aliphatic rings. The number of alkyl halides is 3. The maximum Gasteiger partial charge on any atom is 0.446 e. The van der Waals surface area contributed by atoms with Crippen molar-refractivity contribution in [3.63, 3.8) is 0 Å². The van der Waals surface area contributed by atoms with Crippen LogP contribution in [0.1, 0.15) is 20.7 Å². The Balaban J connectivity index is 2.57. The summed E-state index contributed by atoms with van der Waals surface area (Å²) in [6.07, 6.45) is 0. The van der Waals surface area contributed by atoms with Gasteiger partial charge in [-0.15, -0.1) is 0 Å². The number of fused-ring (bicyclic) bond motifs is 1. The molecule has 1 aromatic carbocycles. The summed E-state index contributed by atoms with van der Waals surface area (Å²) in [5.41, 5.74) is -4.66. The molecule has 0 radical (unpaired) electrons. The minimum atomic E-state index is -4.67. The first-order chi connectivity index (χ1) is 8.85. The van der Waals surface area contributed by atoms with E-state index in [4.69, 9.17) is 0 Å². The molecule has 0 spiro atoms. The fourth-order valence-corrected chi connectivity index (χ4v) is 2.43. The molecule has 100 valence electrons. The Morgan fingerprint density at radius 1 is 1.05 bits per heavy atom. The molecule has 0 amide bonds. The molecule has 19 heavy (non-hydrogen) atoms. The highest BCUT2D eigenvalue weighted by Crippen LogP contribution is 2.42. The van der Waals surface area contributed by atoms with E-state index in [-0.39, 0.29) is 11.1 Å². The molecule has 0 aliphatic heterocycles. The smallest absolute Gasteiger partial charge is 0.446 e. The molecule has 0 saturated heterocycles. The normalized spacial score (nSPS) is 15.6. The van der Waals surface area contributed by atoms with Gasteiger partial charge in [0.2, 0.25) is 11.6 Å². The zero-order chi connectivity index (χ0) is 14.2. The average molecular weight is 288 g/mol. The molecule has 0 bridgehead atoms. The summed E-state index contributed by atoms with van der Waals surface area (Å²) in [5, 5.41) is 0. The van der Waals surface area contributed by atoms with Gasteiger partial charge in [-0.3, -0.25) is 9.59 Å². The number of methoxy groups -OCH3 is 1. The molecule has 0 unspecified atom stereocenters. The molecule has 0 atom stereocenters. The van der Waals surface area contributed by atoms with Gasteiger partial charge in [0.25, 0.3) is 0 Å². The first-order valence-corrected chi connectivity index (χ1v) is 5.89. The number of hydrogen-bond donors (Lipinski definition) is 0. The van der Waals surface area contributed by atoms with Gasteiger partial charge < -0.3 is 4.74 Å². The second-order valence-corrected chi connectivity index (χ2v) is 4.69. The topological polar surface area (TPSA) is 43.4 Å². The summed E-state index contributed by atoms with van der Waals surface area (Å²) in [4.78, 5) is 23.2. The number of ether oxygens (including phenoxy) is 1. The summed E-state index contributed by atoms with van der Waals surface area (Å²) in [6.45, 7) is 0. The van der Waals surface area contributed by atoms with Gasteiger partial charge in [-0.25, -0.2) is 0 Å². The Hall–Kier alpha value is -1.76. The van der Waals surface area contributed by atoms with Crippen molar-refractivity contribution in [2.24, 2.45) is 0 Å². The molecule has 1 aromatic rings. The Bertz CT molecular complexity index is 590. The van der Waals surface area contributed by atoms with E-state index in [0.717, 1.165) is 7.11 Å². The van der Waals surface area contributed by atoms with Gasteiger partial charge in [-0.2, -0.15) is 13.2 Å². The molecule has 2 rings (SSSR count). The molecule has 0 fully saturated rings. The van der Waals surface area contributed by atoms with E-state index in [9.17, 15) is 22.8 Å². The number of thioether (sulfide) groups is 1. The standard InChI is InChI=1S/C12H7F3O3S/c1-18-10-8(16)6-4-2-3-5-7(6)9(17)11(10)19-12(13,14)15/h2-5H,1H3. The third-order valence-electron chi connectivity index (χ3n) is 2.46. The summed E-state index contributed by atoms with van der Waals surface area (Å²) in [7, 11) is 1.06. The van der Waals surface area contributed by atoms with Gasteiger partial charge in [-0.1, -0.05) is 24.3 Å². The fourth-order valence-electron chi connectivity index (χ4n) is 1.72. The Kier molecular flexibility index (Phi) is 3.40. The molecule has 0 saturated carbocycles. The second kappa shape index (κ2) is 4.73. The summed E-state index contributed by atoms with van der Waals surface area (Å²) in [5.74, 6) is -2.13. The van der Waals surface area contributed by atoms with Crippen molar-refractivity contribution in [3.8, 4) is 0 Å². The first-order valence-electron chi connectivity index (χ1n) is 5.07. The van der Waals surface area contributed by atoms with Crippen LogP contribution in [0.2, 0.25) is 0 Å². The highest BCUT2D eigenvalue weighted by molar-refractivity contribution is 8.04. The van der Waals surface area contributed by atoms with Gasteiger partial charge in [0.1, 0.15) is 4.91 Å². The van der Waals surface area contributed by atoms with Crippen LogP contribution in [-0.2, 0) is 4.74 Å². The Morgan fingerprint density at radius 2 is 1.58 bits per heavy atom. The van der Waals surface area contributed by atoms with Crippen LogP contribution in [0, 0.1) is 0 Å². The van der Waals surface area contributed by atoms with Crippen LogP contribution in [0.4, 0.5) is 13.2 Å². The second-order valence-electron chi connectivity index (χ2n) is 3.61. The van der Waals surface area contributed by atoms with Crippen LogP contribution in [0.25, 0.3) is 0 Å². The van der Waals surface area contributed by atoms with Crippen molar-refractivity contribution in [1.29, 1.82) is 0 Å². The van der Waals surface area contributed by atoms with Crippen LogP contribution >= 0.6 is 11.8 Å². The summed E-state index contributed by atoms with van der Waals surface area (Å²) < 4.78 is 42.0. The quantitative estimate of drug-likeness (QED) is 0.838. The van der Waals surface area contributed by atoms with Gasteiger partial charge in [-0.05, 0) is 11.8 Å². The van der Waals surface area contributed by atoms with Crippen LogP contribution in [0.15, 0.2) is 34.9 Å². The molecule has 1 aliphatic carbocycles. The largest absolute Gasteiger partial charge is 0.491 e. The molecule has 0 aromatic heterocycles. The van der Waals surface area contributed by atoms with Crippen molar-refractivity contribution < 1.29 is 27.5 Å². The first kappa shape index (κ1) is 13.7. The van der Waals surface area contributed by atoms with E-state index in [0.29, 0.717) is 0 Å². The number of allylic oxidation sites excluding steroid dienone is 2. The molecule has 0 heterocycles. The third-order valence-corrected chi connectivity index (χ3v) is 3.26. The number of ketones is 2. The van der Waals surface area contributed by atoms with Gasteiger partial charge >= 0.3 is 5.51 Å². The maximum absolute atomic E-state index is 12.4. The molecule has 7 heteroatoms. The van der Waals surface area contributed by atoms with Crippen molar-refractivity contribution in [3.05, 3.63) is 46.1 Å². The minimum absolute atomic E-state index is 0.0416. The van der Waals surface area contributed by atoms with Gasteiger partial charge in [0.05, 0.1) is 7.11 Å². The number of benzene rings is 1. The number of rotatable bonds is 2. The summed E-state index contributed by atoms with van der Waals surface area (Å²) in [6, 6.07) is 5.71. The van der Waals surface area contributed by atoms with Crippen molar-refractivity contribution in [2.75, 3.05) is 7.11 Å². The fraction of sp³-hybridized carbons (Fsp3) is 0.167. The van der Waals surface area contributed by atoms with Crippen LogP contribution in [-0.4, -0.2) is 24.2 Å². The van der Waals surface area contributed by atoms with E-state index < -0.39 is 39.5 Å². The van der Waals surface area contributed by atoms with Crippen molar-refractivity contribution >= 4 is 23.3 Å². The Labute approximate surface area is 110 Å². The zero-order valence-electron chi connectivity index (χ0n) is 9.58. The number of carbonyl (C=O) groups excluding carboxylic acids is 2. The third kappa shape index (κ3) is 2.51. The summed E-state index contributed by atoms with van der Waals surface area (Å²) >= 11 is -0.630. The highest BCUT2D eigenvalue weighted by atomic mass is 32.2. The van der Waals surface area contributed by atoms with Crippen LogP contribution in [0.3, 0.4) is 0 Å². The lowest BCUT2D eigenvalue weighted by molar-refractivity contribution is -0.0323. The van der Waals surface area contributed by atoms with E-state index in [1.807, 2.05) is 0 Å². The lowest BCUT2D eigenvalue weighted by Crippen LogP contribution is -2.23. The lowest BCUT2D eigenvalue weighted by atomic mass is 9.93. The van der Waals surface area contributed by atoms with E-state index in [1.165, 1.54) is 24.3 Å². The number of halogens is 3. The predicted octanol–water partition coefficient (Wildman–Crippen LogP) is 3.18. The number of carbonyl (C=O) groups is 2. The average Bonchev–Trinajstić information content (AvgIpc) is 2.35. The molecule has 0 N–H and O–H groups in total. The maximum atomic E-state index is 12.4. The van der Waals surface area contributed by atoms with Gasteiger partial charge in [0.15, 0.2) is 5.76 Å². The number of hydrogen-bond acceptors (Lipinski definition) is 4. The van der Waals surface area contributed by atoms with E-state index in [1.54, 1.807) is 0 Å². The van der Waals surface area contributed by atoms with E-state index in [2.05, 4.69) is 4.74 Å². The SMILES string of the molecule is COC1=C(SC(F)(F)F)C(=O)c2ccccc2C1=O. The van der Waals surface area contributed by atoms with Crippen LogP contribution < -0.4 is 0 Å². The molecule has 3 nitrogen and oxygen atoms in total.